The second kappa shape index (κ2) is 8.82. The fourth-order valence-electron chi connectivity index (χ4n) is 2.05. The molecule has 0 aliphatic carbocycles. The van der Waals surface area contributed by atoms with E-state index in [1.165, 1.54) is 17.8 Å². The van der Waals surface area contributed by atoms with Crippen LogP contribution in [0.25, 0.3) is 0 Å². The molecule has 2 aromatic rings. The maximum atomic E-state index is 12.1. The summed E-state index contributed by atoms with van der Waals surface area (Å²) in [4.78, 5) is 32.5. The van der Waals surface area contributed by atoms with E-state index in [0.29, 0.717) is 10.8 Å². The summed E-state index contributed by atoms with van der Waals surface area (Å²) in [6.07, 6.45) is 0. The molecular weight excluding hydrogens is 362 g/mol. The van der Waals surface area contributed by atoms with Crippen LogP contribution < -0.4 is 5.32 Å². The molecule has 1 amide bonds. The summed E-state index contributed by atoms with van der Waals surface area (Å²) in [5, 5.41) is 3.55. The maximum absolute atomic E-state index is 12.1. The van der Waals surface area contributed by atoms with E-state index in [1.807, 2.05) is 19.9 Å². The van der Waals surface area contributed by atoms with E-state index in [9.17, 15) is 9.59 Å². The number of thioether (sulfide) groups is 1. The van der Waals surface area contributed by atoms with Gasteiger partial charge in [-0.25, -0.2) is 14.8 Å². The third-order valence-corrected chi connectivity index (χ3v) is 4.22. The number of anilines is 1. The highest BCUT2D eigenvalue weighted by Gasteiger charge is 2.13. The van der Waals surface area contributed by atoms with E-state index in [1.54, 1.807) is 19.1 Å². The minimum absolute atomic E-state index is 0.153. The number of carbonyl (C=O) groups is 2. The van der Waals surface area contributed by atoms with Gasteiger partial charge in [0.05, 0.1) is 22.9 Å². The Morgan fingerprint density at radius 2 is 1.88 bits per heavy atom. The third kappa shape index (κ3) is 5.72. The number of nitrogens with zero attached hydrogens (tertiary/aromatic N) is 2. The smallest absolute Gasteiger partial charge is 0.339 e. The van der Waals surface area contributed by atoms with Crippen LogP contribution >= 0.6 is 23.4 Å². The van der Waals surface area contributed by atoms with Gasteiger partial charge in [0.2, 0.25) is 5.91 Å². The number of nitrogens with one attached hydrogen (secondary N) is 1. The van der Waals surface area contributed by atoms with Crippen LogP contribution in [0.15, 0.2) is 29.4 Å². The van der Waals surface area contributed by atoms with Crippen molar-refractivity contribution in [1.82, 2.24) is 9.97 Å². The van der Waals surface area contributed by atoms with Crippen molar-refractivity contribution in [3.63, 3.8) is 0 Å². The number of aryl methyl sites for hydroxylation is 2. The molecule has 1 aromatic heterocycles. The third-order valence-electron chi connectivity index (χ3n) is 3.04. The largest absolute Gasteiger partial charge is 0.462 e. The normalized spacial score (nSPS) is 10.4. The molecule has 132 valence electrons. The molecule has 0 saturated heterocycles. The summed E-state index contributed by atoms with van der Waals surface area (Å²) < 4.78 is 4.94. The van der Waals surface area contributed by atoms with Crippen LogP contribution in [0.2, 0.25) is 5.02 Å². The summed E-state index contributed by atoms with van der Waals surface area (Å²) in [7, 11) is 0. The Balaban J connectivity index is 2.00. The van der Waals surface area contributed by atoms with Gasteiger partial charge in [-0.1, -0.05) is 23.4 Å². The van der Waals surface area contributed by atoms with Gasteiger partial charge >= 0.3 is 5.97 Å². The Morgan fingerprint density at radius 1 is 1.20 bits per heavy atom. The first kappa shape index (κ1) is 19.2. The summed E-state index contributed by atoms with van der Waals surface area (Å²) >= 11 is 7.25. The van der Waals surface area contributed by atoms with Gasteiger partial charge in [-0.05, 0) is 45.0 Å². The average Bonchev–Trinajstić information content (AvgIpc) is 2.54. The quantitative estimate of drug-likeness (QED) is 0.468. The molecule has 0 atom stereocenters. The summed E-state index contributed by atoms with van der Waals surface area (Å²) in [5.74, 6) is -0.605. The van der Waals surface area contributed by atoms with Crippen molar-refractivity contribution in [2.45, 2.75) is 25.9 Å². The van der Waals surface area contributed by atoms with E-state index in [2.05, 4.69) is 15.3 Å². The zero-order valence-electron chi connectivity index (χ0n) is 14.1. The highest BCUT2D eigenvalue weighted by molar-refractivity contribution is 7.99. The zero-order valence-corrected chi connectivity index (χ0v) is 15.7. The van der Waals surface area contributed by atoms with Gasteiger partial charge in [-0.15, -0.1) is 0 Å². The van der Waals surface area contributed by atoms with E-state index >= 15 is 0 Å². The number of esters is 1. The fourth-order valence-corrected chi connectivity index (χ4v) is 3.00. The summed E-state index contributed by atoms with van der Waals surface area (Å²) in [6.45, 7) is 5.72. The molecule has 0 aliphatic heterocycles. The van der Waals surface area contributed by atoms with E-state index in [4.69, 9.17) is 16.3 Å². The minimum atomic E-state index is -0.526. The molecule has 2 rings (SSSR count). The number of halogens is 1. The number of carbonyl (C=O) groups excluding carboxylic acids is 2. The number of ether oxygens (including phenoxy) is 1. The fraction of sp³-hybridized carbons (Fsp3) is 0.294. The van der Waals surface area contributed by atoms with Crippen molar-refractivity contribution in [2.24, 2.45) is 0 Å². The molecule has 1 aromatic carbocycles. The van der Waals surface area contributed by atoms with Crippen molar-refractivity contribution in [3.05, 3.63) is 46.2 Å². The van der Waals surface area contributed by atoms with Crippen LogP contribution in [0.5, 0.6) is 0 Å². The van der Waals surface area contributed by atoms with Crippen molar-refractivity contribution in [3.8, 4) is 0 Å². The first-order chi connectivity index (χ1) is 11.9. The van der Waals surface area contributed by atoms with Gasteiger partial charge in [0.15, 0.2) is 5.16 Å². The van der Waals surface area contributed by atoms with Gasteiger partial charge in [0.1, 0.15) is 0 Å². The number of hydrogen-bond acceptors (Lipinski definition) is 6. The highest BCUT2D eigenvalue weighted by Crippen LogP contribution is 2.22. The van der Waals surface area contributed by atoms with Gasteiger partial charge in [-0.2, -0.15) is 0 Å². The molecule has 8 heteroatoms. The molecule has 0 aliphatic rings. The molecule has 0 bridgehead atoms. The lowest BCUT2D eigenvalue weighted by Gasteiger charge is -2.09. The molecule has 0 fully saturated rings. The van der Waals surface area contributed by atoms with Crippen molar-refractivity contribution in [2.75, 3.05) is 17.7 Å². The lowest BCUT2D eigenvalue weighted by molar-refractivity contribution is -0.113. The molecular formula is C17H18ClN3O3S. The predicted molar refractivity (Wildman–Crippen MR) is 98.3 cm³/mol. The molecule has 1 heterocycles. The molecule has 25 heavy (non-hydrogen) atoms. The Morgan fingerprint density at radius 3 is 2.52 bits per heavy atom. The van der Waals surface area contributed by atoms with Gasteiger partial charge in [-0.3, -0.25) is 4.79 Å². The second-order valence-electron chi connectivity index (χ2n) is 5.19. The minimum Gasteiger partial charge on any atom is -0.462 e. The summed E-state index contributed by atoms with van der Waals surface area (Å²) in [6, 6.07) is 6.54. The lowest BCUT2D eigenvalue weighted by Crippen LogP contribution is -2.15. The SMILES string of the molecule is CCOC(=O)c1cc(NC(=O)CSc2nc(C)cc(C)n2)ccc1Cl. The van der Waals surface area contributed by atoms with Crippen molar-refractivity contribution in [1.29, 1.82) is 0 Å². The number of aromatic nitrogens is 2. The van der Waals surface area contributed by atoms with Crippen molar-refractivity contribution >= 4 is 40.9 Å². The summed E-state index contributed by atoms with van der Waals surface area (Å²) in [5.41, 5.74) is 2.39. The van der Waals surface area contributed by atoms with Crippen LogP contribution in [0.3, 0.4) is 0 Å². The van der Waals surface area contributed by atoms with E-state index < -0.39 is 5.97 Å². The first-order valence-corrected chi connectivity index (χ1v) is 8.97. The highest BCUT2D eigenvalue weighted by atomic mass is 35.5. The van der Waals surface area contributed by atoms with Gasteiger partial charge < -0.3 is 10.1 Å². The van der Waals surface area contributed by atoms with Crippen molar-refractivity contribution < 1.29 is 14.3 Å². The van der Waals surface area contributed by atoms with E-state index in [-0.39, 0.29) is 28.9 Å². The standard InChI is InChI=1S/C17H18ClN3O3S/c1-4-24-16(23)13-8-12(5-6-14(13)18)21-15(22)9-25-17-19-10(2)7-11(3)20-17/h5-8H,4,9H2,1-3H3,(H,21,22). The monoisotopic (exact) mass is 379 g/mol. The predicted octanol–water partition coefficient (Wildman–Crippen LogP) is 3.65. The molecule has 6 nitrogen and oxygen atoms in total. The molecule has 0 unspecified atom stereocenters. The zero-order chi connectivity index (χ0) is 18.4. The molecule has 0 saturated carbocycles. The van der Waals surface area contributed by atoms with Crippen LogP contribution in [-0.4, -0.2) is 34.2 Å². The Hall–Kier alpha value is -2.12. The first-order valence-electron chi connectivity index (χ1n) is 7.60. The van der Waals surface area contributed by atoms with Crippen LogP contribution in [0.4, 0.5) is 5.69 Å². The maximum Gasteiger partial charge on any atom is 0.339 e. The molecule has 1 N–H and O–H groups in total. The number of rotatable bonds is 6. The lowest BCUT2D eigenvalue weighted by atomic mass is 10.2. The molecule has 0 spiro atoms. The average molecular weight is 380 g/mol. The number of hydrogen-bond donors (Lipinski definition) is 1. The Kier molecular flexibility index (Phi) is 6.78. The van der Waals surface area contributed by atoms with Gasteiger partial charge in [0.25, 0.3) is 0 Å². The van der Waals surface area contributed by atoms with E-state index in [0.717, 1.165) is 11.4 Å². The number of benzene rings is 1. The number of amides is 1. The second-order valence-corrected chi connectivity index (χ2v) is 6.53. The van der Waals surface area contributed by atoms with Crippen LogP contribution in [0, 0.1) is 13.8 Å². The van der Waals surface area contributed by atoms with Crippen LogP contribution in [-0.2, 0) is 9.53 Å². The topological polar surface area (TPSA) is 81.2 Å². The Bertz CT molecular complexity index is 778. The Labute approximate surface area is 155 Å². The van der Waals surface area contributed by atoms with Crippen LogP contribution in [0.1, 0.15) is 28.7 Å². The molecule has 0 radical (unpaired) electrons. The van der Waals surface area contributed by atoms with Gasteiger partial charge in [0, 0.05) is 17.1 Å².